The summed E-state index contributed by atoms with van der Waals surface area (Å²) in [7, 11) is 0. The molecule has 0 saturated carbocycles. The monoisotopic (exact) mass is 295 g/mol. The number of rotatable bonds is 4. The normalized spacial score (nSPS) is 10.4. The van der Waals surface area contributed by atoms with Crippen molar-refractivity contribution in [2.45, 2.75) is 13.5 Å². The minimum absolute atomic E-state index is 0.0174. The molecule has 21 heavy (non-hydrogen) atoms. The predicted molar refractivity (Wildman–Crippen MR) is 67.9 cm³/mol. The van der Waals surface area contributed by atoms with E-state index in [0.717, 1.165) is 12.1 Å². The van der Waals surface area contributed by atoms with Crippen molar-refractivity contribution in [1.82, 2.24) is 5.32 Å². The first kappa shape index (κ1) is 14.7. The maximum Gasteiger partial charge on any atom is 0.339 e. The zero-order valence-electron chi connectivity index (χ0n) is 10.9. The van der Waals surface area contributed by atoms with Crippen molar-refractivity contribution in [1.29, 1.82) is 0 Å². The Balaban J connectivity index is 2.09. The van der Waals surface area contributed by atoms with E-state index in [1.165, 1.54) is 19.1 Å². The number of furan rings is 1. The van der Waals surface area contributed by atoms with Gasteiger partial charge in [-0.05, 0) is 25.1 Å². The van der Waals surface area contributed by atoms with Crippen molar-refractivity contribution in [2.75, 3.05) is 0 Å². The standard InChI is InChI=1S/C14H11F2NO4/c1-7-10(14(19)20)5-8(21-7)6-17-13(18)9-3-2-4-11(15)12(9)16/h2-5H,6H2,1H3,(H,17,18)(H,19,20). The minimum atomic E-state index is -1.24. The number of carbonyl (C=O) groups is 2. The lowest BCUT2D eigenvalue weighted by atomic mass is 10.2. The molecule has 0 unspecified atom stereocenters. The number of amides is 1. The number of halogens is 2. The topological polar surface area (TPSA) is 79.5 Å². The Hall–Kier alpha value is -2.70. The number of carboxylic acids is 1. The molecule has 5 nitrogen and oxygen atoms in total. The fourth-order valence-corrected chi connectivity index (χ4v) is 1.78. The Kier molecular flexibility index (Phi) is 4.02. The van der Waals surface area contributed by atoms with Crippen molar-refractivity contribution in [3.63, 3.8) is 0 Å². The molecule has 1 aromatic carbocycles. The molecule has 7 heteroatoms. The van der Waals surface area contributed by atoms with Crippen LogP contribution in [0.25, 0.3) is 0 Å². The first-order valence-corrected chi connectivity index (χ1v) is 5.95. The Morgan fingerprint density at radius 1 is 1.29 bits per heavy atom. The van der Waals surface area contributed by atoms with E-state index in [4.69, 9.17) is 9.52 Å². The molecule has 0 aliphatic heterocycles. The summed E-state index contributed by atoms with van der Waals surface area (Å²) in [5.41, 5.74) is -0.451. The number of carboxylic acid groups (broad SMARTS) is 1. The van der Waals surface area contributed by atoms with Gasteiger partial charge in [0, 0.05) is 0 Å². The lowest BCUT2D eigenvalue weighted by molar-refractivity contribution is 0.0694. The van der Waals surface area contributed by atoms with Gasteiger partial charge in [-0.15, -0.1) is 0 Å². The Morgan fingerprint density at radius 2 is 2.00 bits per heavy atom. The second kappa shape index (κ2) is 5.74. The molecular formula is C14H11F2NO4. The molecule has 0 spiro atoms. The van der Waals surface area contributed by atoms with Crippen LogP contribution in [0.3, 0.4) is 0 Å². The van der Waals surface area contributed by atoms with Crippen LogP contribution in [0, 0.1) is 18.6 Å². The van der Waals surface area contributed by atoms with E-state index in [2.05, 4.69) is 5.32 Å². The third kappa shape index (κ3) is 3.07. The summed E-state index contributed by atoms with van der Waals surface area (Å²) in [5.74, 6) is -3.93. The van der Waals surface area contributed by atoms with Gasteiger partial charge in [-0.1, -0.05) is 6.07 Å². The SMILES string of the molecule is Cc1oc(CNC(=O)c2cccc(F)c2F)cc1C(=O)O. The van der Waals surface area contributed by atoms with Crippen LogP contribution in [0.15, 0.2) is 28.7 Å². The van der Waals surface area contributed by atoms with Gasteiger partial charge in [0.15, 0.2) is 11.6 Å². The molecule has 0 fully saturated rings. The van der Waals surface area contributed by atoms with Crippen molar-refractivity contribution >= 4 is 11.9 Å². The maximum atomic E-state index is 13.4. The maximum absolute atomic E-state index is 13.4. The van der Waals surface area contributed by atoms with Gasteiger partial charge < -0.3 is 14.8 Å². The molecule has 0 atom stereocenters. The number of benzene rings is 1. The Labute approximate surface area is 118 Å². The highest BCUT2D eigenvalue weighted by atomic mass is 19.2. The molecule has 110 valence electrons. The minimum Gasteiger partial charge on any atom is -0.478 e. The molecule has 2 N–H and O–H groups in total. The van der Waals surface area contributed by atoms with E-state index in [-0.39, 0.29) is 23.6 Å². The summed E-state index contributed by atoms with van der Waals surface area (Å²) in [5, 5.41) is 11.2. The molecule has 1 heterocycles. The molecule has 0 radical (unpaired) electrons. The van der Waals surface area contributed by atoms with E-state index in [9.17, 15) is 18.4 Å². The van der Waals surface area contributed by atoms with Crippen LogP contribution in [-0.4, -0.2) is 17.0 Å². The molecule has 0 aliphatic carbocycles. The summed E-state index contributed by atoms with van der Waals surface area (Å²) >= 11 is 0. The van der Waals surface area contributed by atoms with Crippen LogP contribution >= 0.6 is 0 Å². The first-order valence-electron chi connectivity index (χ1n) is 5.95. The van der Waals surface area contributed by atoms with Crippen LogP contribution in [0.5, 0.6) is 0 Å². The second-order valence-electron chi connectivity index (χ2n) is 4.27. The average molecular weight is 295 g/mol. The molecule has 1 amide bonds. The third-order valence-corrected chi connectivity index (χ3v) is 2.82. The van der Waals surface area contributed by atoms with Crippen LogP contribution in [-0.2, 0) is 6.54 Å². The number of aryl methyl sites for hydroxylation is 1. The molecule has 0 aliphatic rings. The van der Waals surface area contributed by atoms with Crippen molar-refractivity contribution in [3.05, 3.63) is 58.5 Å². The van der Waals surface area contributed by atoms with E-state index in [1.807, 2.05) is 0 Å². The van der Waals surface area contributed by atoms with Gasteiger partial charge >= 0.3 is 5.97 Å². The third-order valence-electron chi connectivity index (χ3n) is 2.82. The summed E-state index contributed by atoms with van der Waals surface area (Å²) in [6, 6.07) is 4.53. The largest absolute Gasteiger partial charge is 0.478 e. The van der Waals surface area contributed by atoms with Gasteiger partial charge in [0.2, 0.25) is 0 Å². The molecule has 2 aromatic rings. The smallest absolute Gasteiger partial charge is 0.339 e. The van der Waals surface area contributed by atoms with Gasteiger partial charge in [0.05, 0.1) is 12.1 Å². The Bertz CT molecular complexity index is 709. The van der Waals surface area contributed by atoms with E-state index in [0.29, 0.717) is 0 Å². The number of aromatic carboxylic acids is 1. The highest BCUT2D eigenvalue weighted by Gasteiger charge is 2.17. The molecule has 0 saturated heterocycles. The van der Waals surface area contributed by atoms with Gasteiger partial charge in [-0.25, -0.2) is 13.6 Å². The highest BCUT2D eigenvalue weighted by molar-refractivity contribution is 5.94. The predicted octanol–water partition coefficient (Wildman–Crippen LogP) is 2.49. The molecule has 1 aromatic heterocycles. The zero-order chi connectivity index (χ0) is 15.6. The van der Waals surface area contributed by atoms with Crippen LogP contribution < -0.4 is 5.32 Å². The van der Waals surface area contributed by atoms with E-state index < -0.39 is 29.1 Å². The fourth-order valence-electron chi connectivity index (χ4n) is 1.78. The second-order valence-corrected chi connectivity index (χ2v) is 4.27. The van der Waals surface area contributed by atoms with Gasteiger partial charge in [0.25, 0.3) is 5.91 Å². The summed E-state index contributed by atoms with van der Waals surface area (Å²) in [6.45, 7) is 1.34. The highest BCUT2D eigenvalue weighted by Crippen LogP contribution is 2.15. The Morgan fingerprint density at radius 3 is 2.62 bits per heavy atom. The lowest BCUT2D eigenvalue weighted by Gasteiger charge is -2.04. The fraction of sp³-hybridized carbons (Fsp3) is 0.143. The van der Waals surface area contributed by atoms with Gasteiger partial charge in [0.1, 0.15) is 17.1 Å². The zero-order valence-corrected chi connectivity index (χ0v) is 10.9. The van der Waals surface area contributed by atoms with Crippen LogP contribution in [0.1, 0.15) is 32.2 Å². The van der Waals surface area contributed by atoms with Gasteiger partial charge in [-0.3, -0.25) is 4.79 Å². The average Bonchev–Trinajstić information content (AvgIpc) is 2.80. The van der Waals surface area contributed by atoms with Gasteiger partial charge in [-0.2, -0.15) is 0 Å². The summed E-state index contributed by atoms with van der Waals surface area (Å²) < 4.78 is 31.6. The first-order chi connectivity index (χ1) is 9.90. The molecule has 0 bridgehead atoms. The van der Waals surface area contributed by atoms with Crippen LogP contribution in [0.2, 0.25) is 0 Å². The number of hydrogen-bond acceptors (Lipinski definition) is 3. The quantitative estimate of drug-likeness (QED) is 0.908. The van der Waals surface area contributed by atoms with E-state index >= 15 is 0 Å². The van der Waals surface area contributed by atoms with E-state index in [1.54, 1.807) is 0 Å². The summed E-state index contributed by atoms with van der Waals surface area (Å²) in [6.07, 6.45) is 0. The number of hydrogen-bond donors (Lipinski definition) is 2. The molecular weight excluding hydrogens is 284 g/mol. The van der Waals surface area contributed by atoms with Crippen molar-refractivity contribution in [2.24, 2.45) is 0 Å². The lowest BCUT2D eigenvalue weighted by Crippen LogP contribution is -2.24. The van der Waals surface area contributed by atoms with Crippen molar-refractivity contribution < 1.29 is 27.9 Å². The van der Waals surface area contributed by atoms with Crippen molar-refractivity contribution in [3.8, 4) is 0 Å². The molecule has 2 rings (SSSR count). The number of carbonyl (C=O) groups excluding carboxylic acids is 1. The summed E-state index contributed by atoms with van der Waals surface area (Å²) in [4.78, 5) is 22.6. The number of nitrogens with one attached hydrogen (secondary N) is 1. The van der Waals surface area contributed by atoms with Crippen LogP contribution in [0.4, 0.5) is 8.78 Å².